The van der Waals surface area contributed by atoms with E-state index in [1.54, 1.807) is 5.19 Å². The molecule has 4 aromatic rings. The molecular formula is C33H40Si. The third kappa shape index (κ3) is 5.96. The second kappa shape index (κ2) is 10.6. The number of benzene rings is 4. The third-order valence-corrected chi connectivity index (χ3v) is 10.7. The molecule has 4 rings (SSSR count). The van der Waals surface area contributed by atoms with Crippen LogP contribution in [0.5, 0.6) is 0 Å². The first-order valence-electron chi connectivity index (χ1n) is 12.3. The first-order valence-corrected chi connectivity index (χ1v) is 15.3. The Balaban J connectivity index is 0.000000191. The molecule has 0 atom stereocenters. The summed E-state index contributed by atoms with van der Waals surface area (Å²) in [7, 11) is -1.53. The van der Waals surface area contributed by atoms with Gasteiger partial charge in [0.1, 0.15) is 8.07 Å². The van der Waals surface area contributed by atoms with Crippen molar-refractivity contribution in [3.05, 3.63) is 130 Å². The molecule has 0 nitrogen and oxygen atoms in total. The van der Waals surface area contributed by atoms with E-state index >= 15 is 0 Å². The van der Waals surface area contributed by atoms with Crippen LogP contribution in [-0.4, -0.2) is 8.07 Å². The predicted octanol–water partition coefficient (Wildman–Crippen LogP) is 7.76. The van der Waals surface area contributed by atoms with Crippen molar-refractivity contribution >= 4 is 18.4 Å². The Labute approximate surface area is 208 Å². The summed E-state index contributed by atoms with van der Waals surface area (Å²) >= 11 is 0. The van der Waals surface area contributed by atoms with Gasteiger partial charge in [0, 0.05) is 5.41 Å². The average molecular weight is 465 g/mol. The zero-order chi connectivity index (χ0) is 24.9. The number of hydrogen-bond donors (Lipinski definition) is 0. The zero-order valence-corrected chi connectivity index (χ0v) is 23.2. The largest absolute Gasteiger partial charge is 0.112 e. The van der Waals surface area contributed by atoms with Gasteiger partial charge >= 0.3 is 0 Å². The molecule has 0 amide bonds. The lowest BCUT2D eigenvalue weighted by atomic mass is 9.77. The molecule has 0 aliphatic rings. The second-order valence-corrected chi connectivity index (χ2v) is 15.0. The second-order valence-electron chi connectivity index (χ2n) is 10.7. The lowest BCUT2D eigenvalue weighted by Crippen LogP contribution is -2.53. The fraction of sp³-hybridized carbons (Fsp3) is 0.273. The molecular weight excluding hydrogens is 424 g/mol. The summed E-state index contributed by atoms with van der Waals surface area (Å²) in [6, 6.07) is 35.4. The van der Waals surface area contributed by atoms with Crippen LogP contribution in [0.3, 0.4) is 0 Å². The zero-order valence-electron chi connectivity index (χ0n) is 22.2. The predicted molar refractivity (Wildman–Crippen MR) is 154 cm³/mol. The molecule has 4 aromatic carbocycles. The molecule has 0 aromatic heterocycles. The summed E-state index contributed by atoms with van der Waals surface area (Å²) < 4.78 is 0. The smallest absolute Gasteiger partial charge is 0.0626 e. The third-order valence-electron chi connectivity index (χ3n) is 7.04. The summed E-state index contributed by atoms with van der Waals surface area (Å²) in [5.41, 5.74) is 8.25. The first kappa shape index (κ1) is 25.7. The van der Waals surface area contributed by atoms with Crippen molar-refractivity contribution in [3.8, 4) is 0 Å². The van der Waals surface area contributed by atoms with Gasteiger partial charge in [-0.05, 0) is 38.8 Å². The lowest BCUT2D eigenvalue weighted by molar-refractivity contribution is 0.639. The van der Waals surface area contributed by atoms with Crippen LogP contribution in [0.25, 0.3) is 0 Å². The maximum absolute atomic E-state index is 2.43. The van der Waals surface area contributed by atoms with Crippen LogP contribution in [0.4, 0.5) is 0 Å². The van der Waals surface area contributed by atoms with Crippen molar-refractivity contribution < 1.29 is 0 Å². The molecule has 0 aliphatic heterocycles. The van der Waals surface area contributed by atoms with Crippen LogP contribution in [0.2, 0.25) is 13.1 Å². The summed E-state index contributed by atoms with van der Waals surface area (Å²) in [6.45, 7) is 18.1. The molecule has 0 spiro atoms. The maximum Gasteiger partial charge on any atom is 0.112 e. The highest BCUT2D eigenvalue weighted by Gasteiger charge is 2.27. The SMILES string of the molecule is Cc1cccc(C(C)(C)c2cccc(C)c2)c1.Cc1cccc([Si](C)(C)c2ccccc2C)c1. The first-order chi connectivity index (χ1) is 16.0. The van der Waals surface area contributed by atoms with Gasteiger partial charge in [-0.25, -0.2) is 0 Å². The number of rotatable bonds is 4. The Bertz CT molecular complexity index is 1200. The molecule has 0 saturated carbocycles. The fourth-order valence-electron chi connectivity index (χ4n) is 4.70. The highest BCUT2D eigenvalue weighted by molar-refractivity contribution is 7.00. The van der Waals surface area contributed by atoms with Gasteiger partial charge in [-0.3, -0.25) is 0 Å². The maximum atomic E-state index is 2.43. The lowest BCUT2D eigenvalue weighted by Gasteiger charge is -2.26. The summed E-state index contributed by atoms with van der Waals surface area (Å²) in [5, 5.41) is 3.07. The van der Waals surface area contributed by atoms with Crippen LogP contribution < -0.4 is 10.4 Å². The molecule has 34 heavy (non-hydrogen) atoms. The minimum atomic E-state index is -1.53. The van der Waals surface area contributed by atoms with E-state index in [1.165, 1.54) is 38.6 Å². The Morgan fingerprint density at radius 2 is 1.00 bits per heavy atom. The monoisotopic (exact) mass is 464 g/mol. The van der Waals surface area contributed by atoms with E-state index in [1.807, 2.05) is 0 Å². The molecule has 0 aliphatic carbocycles. The van der Waals surface area contributed by atoms with E-state index in [0.29, 0.717) is 0 Å². The fourth-order valence-corrected chi connectivity index (χ4v) is 7.69. The van der Waals surface area contributed by atoms with E-state index in [9.17, 15) is 0 Å². The Morgan fingerprint density at radius 1 is 0.529 bits per heavy atom. The molecule has 0 unspecified atom stereocenters. The van der Waals surface area contributed by atoms with Crippen LogP contribution in [0.1, 0.15) is 47.2 Å². The van der Waals surface area contributed by atoms with Crippen LogP contribution in [-0.2, 0) is 5.41 Å². The standard InChI is InChI=1S/C17H20.C16H20Si/c1-13-7-5-9-15(11-13)17(3,4)16-10-6-8-14(2)12-16;1-13-8-7-10-15(12-13)17(3,4)16-11-6-5-9-14(16)2/h2*5-12H,1-4H3. The Kier molecular flexibility index (Phi) is 7.99. The molecule has 0 radical (unpaired) electrons. The Morgan fingerprint density at radius 3 is 1.47 bits per heavy atom. The van der Waals surface area contributed by atoms with E-state index in [4.69, 9.17) is 0 Å². The van der Waals surface area contributed by atoms with Crippen molar-refractivity contribution in [2.75, 3.05) is 0 Å². The van der Waals surface area contributed by atoms with Gasteiger partial charge in [0.25, 0.3) is 0 Å². The van der Waals surface area contributed by atoms with Crippen molar-refractivity contribution in [1.82, 2.24) is 0 Å². The normalized spacial score (nSPS) is 11.5. The quantitative estimate of drug-likeness (QED) is 0.271. The highest BCUT2D eigenvalue weighted by atomic mass is 28.3. The van der Waals surface area contributed by atoms with Crippen molar-refractivity contribution in [3.63, 3.8) is 0 Å². The van der Waals surface area contributed by atoms with E-state index < -0.39 is 8.07 Å². The molecule has 0 N–H and O–H groups in total. The van der Waals surface area contributed by atoms with Crippen molar-refractivity contribution in [2.24, 2.45) is 0 Å². The highest BCUT2D eigenvalue weighted by Crippen LogP contribution is 2.32. The number of hydrogen-bond acceptors (Lipinski definition) is 0. The van der Waals surface area contributed by atoms with E-state index in [2.05, 4.69) is 152 Å². The summed E-state index contributed by atoms with van der Waals surface area (Å²) in [4.78, 5) is 0. The van der Waals surface area contributed by atoms with Crippen LogP contribution in [0.15, 0.2) is 97.1 Å². The molecule has 0 saturated heterocycles. The van der Waals surface area contributed by atoms with Gasteiger partial charge in [0.15, 0.2) is 0 Å². The molecule has 0 fully saturated rings. The van der Waals surface area contributed by atoms with Crippen molar-refractivity contribution in [1.29, 1.82) is 0 Å². The summed E-state index contributed by atoms with van der Waals surface area (Å²) in [6.07, 6.45) is 0. The van der Waals surface area contributed by atoms with Gasteiger partial charge in [0.2, 0.25) is 0 Å². The van der Waals surface area contributed by atoms with Gasteiger partial charge < -0.3 is 0 Å². The number of aryl methyl sites for hydroxylation is 4. The molecule has 0 bridgehead atoms. The average Bonchev–Trinajstić information content (AvgIpc) is 2.80. The van der Waals surface area contributed by atoms with Gasteiger partial charge in [-0.1, -0.05) is 157 Å². The molecule has 1 heteroatoms. The van der Waals surface area contributed by atoms with Crippen molar-refractivity contribution in [2.45, 2.75) is 60.1 Å². The van der Waals surface area contributed by atoms with Crippen LogP contribution >= 0.6 is 0 Å². The van der Waals surface area contributed by atoms with Gasteiger partial charge in [0.05, 0.1) is 0 Å². The summed E-state index contributed by atoms with van der Waals surface area (Å²) in [5.74, 6) is 0. The molecule has 0 heterocycles. The minimum Gasteiger partial charge on any atom is -0.0626 e. The van der Waals surface area contributed by atoms with Gasteiger partial charge in [-0.15, -0.1) is 0 Å². The van der Waals surface area contributed by atoms with Gasteiger partial charge in [-0.2, -0.15) is 0 Å². The van der Waals surface area contributed by atoms with E-state index in [0.717, 1.165) is 0 Å². The Hall–Kier alpha value is -2.90. The molecule has 176 valence electrons. The minimum absolute atomic E-state index is 0.0675. The van der Waals surface area contributed by atoms with E-state index in [-0.39, 0.29) is 5.41 Å². The van der Waals surface area contributed by atoms with Crippen LogP contribution in [0, 0.1) is 27.7 Å². The topological polar surface area (TPSA) is 0 Å².